The highest BCUT2D eigenvalue weighted by Crippen LogP contribution is 2.37. The Bertz CT molecular complexity index is 1130. The molecular formula is C24H24N2O4. The van der Waals surface area contributed by atoms with E-state index in [0.717, 1.165) is 41.6 Å². The molecule has 0 saturated heterocycles. The van der Waals surface area contributed by atoms with E-state index >= 15 is 0 Å². The summed E-state index contributed by atoms with van der Waals surface area (Å²) in [5.74, 6) is -0.618. The van der Waals surface area contributed by atoms with Crippen LogP contribution in [0.1, 0.15) is 41.6 Å². The van der Waals surface area contributed by atoms with E-state index in [2.05, 4.69) is 16.5 Å². The highest BCUT2D eigenvalue weighted by molar-refractivity contribution is 6.21. The van der Waals surface area contributed by atoms with Gasteiger partial charge in [-0.3, -0.25) is 9.59 Å². The van der Waals surface area contributed by atoms with E-state index in [1.165, 1.54) is 5.56 Å². The third kappa shape index (κ3) is 3.94. The summed E-state index contributed by atoms with van der Waals surface area (Å²) in [4.78, 5) is 22.8. The number of hydrogen-bond acceptors (Lipinski definition) is 3. The average Bonchev–Trinajstić information content (AvgIpc) is 3.05. The molecule has 1 aliphatic carbocycles. The van der Waals surface area contributed by atoms with Crippen molar-refractivity contribution in [3.05, 3.63) is 77.1 Å². The molecule has 0 spiro atoms. The number of aromatic nitrogens is 1. The minimum absolute atomic E-state index is 0.0680. The van der Waals surface area contributed by atoms with Crippen molar-refractivity contribution >= 4 is 23.0 Å². The average molecular weight is 404 g/mol. The van der Waals surface area contributed by atoms with Crippen molar-refractivity contribution in [2.45, 2.75) is 32.1 Å². The molecule has 0 aliphatic heterocycles. The molecule has 0 saturated carbocycles. The number of carbonyl (C=O) groups excluding carboxylic acids is 1. The van der Waals surface area contributed by atoms with Gasteiger partial charge in [0.25, 0.3) is 0 Å². The molecule has 1 aromatic carbocycles. The predicted molar refractivity (Wildman–Crippen MR) is 115 cm³/mol. The fourth-order valence-corrected chi connectivity index (χ4v) is 4.09. The van der Waals surface area contributed by atoms with Gasteiger partial charge in [0, 0.05) is 41.9 Å². The lowest BCUT2D eigenvalue weighted by Crippen LogP contribution is -2.16. The Morgan fingerprint density at radius 1 is 1.17 bits per heavy atom. The van der Waals surface area contributed by atoms with Gasteiger partial charge in [0.2, 0.25) is 5.91 Å². The van der Waals surface area contributed by atoms with Crippen molar-refractivity contribution in [3.63, 3.8) is 0 Å². The topological polar surface area (TPSA) is 94.0 Å². The molecular weight excluding hydrogens is 380 g/mol. The summed E-state index contributed by atoms with van der Waals surface area (Å²) >= 11 is 0. The second-order valence-corrected chi connectivity index (χ2v) is 7.45. The lowest BCUT2D eigenvalue weighted by molar-refractivity contribution is -0.137. The normalized spacial score (nSPS) is 13.0. The molecule has 2 aromatic heterocycles. The maximum atomic E-state index is 12.1. The maximum absolute atomic E-state index is 12.1. The van der Waals surface area contributed by atoms with E-state index in [1.54, 1.807) is 0 Å². The zero-order valence-corrected chi connectivity index (χ0v) is 16.6. The highest BCUT2D eigenvalue weighted by atomic mass is 16.5. The molecule has 6 heteroatoms. The van der Waals surface area contributed by atoms with Crippen LogP contribution in [0, 0.1) is 0 Å². The number of primary amides is 1. The van der Waals surface area contributed by atoms with Crippen LogP contribution in [0.3, 0.4) is 0 Å². The largest absolute Gasteiger partial charge is 0.493 e. The first kappa shape index (κ1) is 19.8. The van der Waals surface area contributed by atoms with Crippen LogP contribution in [-0.2, 0) is 22.4 Å². The number of ether oxygens (including phenoxy) is 1. The Labute approximate surface area is 174 Å². The van der Waals surface area contributed by atoms with Gasteiger partial charge in [-0.1, -0.05) is 36.4 Å². The third-order valence-corrected chi connectivity index (χ3v) is 5.42. The second-order valence-electron chi connectivity index (χ2n) is 7.45. The van der Waals surface area contributed by atoms with Crippen LogP contribution in [0.5, 0.6) is 5.75 Å². The van der Waals surface area contributed by atoms with E-state index in [-0.39, 0.29) is 6.42 Å². The summed E-state index contributed by atoms with van der Waals surface area (Å²) in [6.45, 7) is 0.320. The van der Waals surface area contributed by atoms with Gasteiger partial charge in [0.05, 0.1) is 12.1 Å². The van der Waals surface area contributed by atoms with Crippen LogP contribution in [0.25, 0.3) is 11.1 Å². The molecule has 30 heavy (non-hydrogen) atoms. The standard InChI is InChI=1S/C24H24N2O4/c25-24(29)19-9-4-8-18-20(14-16-6-2-1-3-7-16)26-12-11-17(15-21(26)23(18)19)30-13-5-10-22(27)28/h1-3,6-7,9,11-12,15H,4-5,8,10,13-14H2,(H2,25,29)(H,27,28). The van der Waals surface area contributed by atoms with Gasteiger partial charge < -0.3 is 20.0 Å². The Kier molecular flexibility index (Phi) is 5.57. The Morgan fingerprint density at radius 3 is 2.70 bits per heavy atom. The van der Waals surface area contributed by atoms with Crippen LogP contribution in [0.4, 0.5) is 0 Å². The van der Waals surface area contributed by atoms with Crippen molar-refractivity contribution in [2.24, 2.45) is 5.73 Å². The molecule has 0 fully saturated rings. The van der Waals surface area contributed by atoms with Gasteiger partial charge in [0.1, 0.15) is 5.75 Å². The first-order valence-corrected chi connectivity index (χ1v) is 10.1. The maximum Gasteiger partial charge on any atom is 0.303 e. The number of pyridine rings is 1. The van der Waals surface area contributed by atoms with Crippen molar-refractivity contribution in [2.75, 3.05) is 6.61 Å². The Hall–Kier alpha value is -3.54. The van der Waals surface area contributed by atoms with Crippen LogP contribution < -0.4 is 10.5 Å². The minimum Gasteiger partial charge on any atom is -0.493 e. The number of hydrogen-bond donors (Lipinski definition) is 2. The molecule has 1 amide bonds. The number of fused-ring (bicyclic) bond motifs is 3. The number of rotatable bonds is 8. The number of benzene rings is 1. The van der Waals surface area contributed by atoms with E-state index in [1.807, 2.05) is 42.6 Å². The molecule has 2 heterocycles. The Balaban J connectivity index is 1.75. The van der Waals surface area contributed by atoms with E-state index < -0.39 is 11.9 Å². The molecule has 3 aromatic rings. The second kappa shape index (κ2) is 8.45. The zero-order valence-electron chi connectivity index (χ0n) is 16.6. The fourth-order valence-electron chi connectivity index (χ4n) is 4.09. The number of nitrogens with two attached hydrogens (primary N) is 1. The van der Waals surface area contributed by atoms with Crippen molar-refractivity contribution in [1.29, 1.82) is 0 Å². The summed E-state index contributed by atoms with van der Waals surface area (Å²) in [5.41, 5.74) is 11.5. The SMILES string of the molecule is NC(=O)C1=CCCc2c1c1cc(OCCCC(=O)O)ccn1c2Cc1ccccc1. The van der Waals surface area contributed by atoms with Crippen molar-refractivity contribution < 1.29 is 19.4 Å². The van der Waals surface area contributed by atoms with Crippen LogP contribution in [-0.4, -0.2) is 28.0 Å². The Morgan fingerprint density at radius 2 is 1.97 bits per heavy atom. The summed E-state index contributed by atoms with van der Waals surface area (Å²) in [5, 5.41) is 8.78. The van der Waals surface area contributed by atoms with E-state index in [4.69, 9.17) is 15.6 Å². The smallest absolute Gasteiger partial charge is 0.303 e. The van der Waals surface area contributed by atoms with Gasteiger partial charge in [-0.2, -0.15) is 0 Å². The lowest BCUT2D eigenvalue weighted by atomic mass is 9.90. The van der Waals surface area contributed by atoms with Crippen molar-refractivity contribution in [3.8, 4) is 5.75 Å². The summed E-state index contributed by atoms with van der Waals surface area (Å²) in [7, 11) is 0. The van der Waals surface area contributed by atoms with E-state index in [9.17, 15) is 9.59 Å². The molecule has 154 valence electrons. The lowest BCUT2D eigenvalue weighted by Gasteiger charge is -2.13. The minimum atomic E-state index is -0.837. The summed E-state index contributed by atoms with van der Waals surface area (Å²) in [6, 6.07) is 14.0. The quantitative estimate of drug-likeness (QED) is 0.561. The number of aliphatic carboxylic acids is 1. The van der Waals surface area contributed by atoms with Gasteiger partial charge in [-0.05, 0) is 36.5 Å². The van der Waals surface area contributed by atoms with Gasteiger partial charge >= 0.3 is 5.97 Å². The molecule has 0 unspecified atom stereocenters. The highest BCUT2D eigenvalue weighted by Gasteiger charge is 2.26. The molecule has 0 atom stereocenters. The monoisotopic (exact) mass is 404 g/mol. The molecule has 0 radical (unpaired) electrons. The van der Waals surface area contributed by atoms with Crippen LogP contribution in [0.15, 0.2) is 54.7 Å². The zero-order chi connectivity index (χ0) is 21.1. The third-order valence-electron chi connectivity index (χ3n) is 5.42. The molecule has 1 aliphatic rings. The predicted octanol–water partition coefficient (Wildman–Crippen LogP) is 3.59. The number of nitrogens with zero attached hydrogens (tertiary/aromatic N) is 1. The molecule has 3 N–H and O–H groups in total. The first-order valence-electron chi connectivity index (χ1n) is 10.1. The number of allylic oxidation sites excluding steroid dienone is 1. The summed E-state index contributed by atoms with van der Waals surface area (Å²) < 4.78 is 7.88. The molecule has 4 rings (SSSR count). The van der Waals surface area contributed by atoms with Gasteiger partial charge in [-0.25, -0.2) is 0 Å². The number of carboxylic acids is 1. The van der Waals surface area contributed by atoms with Gasteiger partial charge in [-0.15, -0.1) is 0 Å². The van der Waals surface area contributed by atoms with Gasteiger partial charge in [0.15, 0.2) is 0 Å². The fraction of sp³-hybridized carbons (Fsp3) is 0.250. The number of carbonyl (C=O) groups is 2. The number of carboxylic acid groups (broad SMARTS) is 1. The first-order chi connectivity index (χ1) is 14.5. The van der Waals surface area contributed by atoms with Crippen LogP contribution >= 0.6 is 0 Å². The number of amides is 1. The summed E-state index contributed by atoms with van der Waals surface area (Å²) in [6.07, 6.45) is 6.76. The molecule has 6 nitrogen and oxygen atoms in total. The van der Waals surface area contributed by atoms with Crippen LogP contribution in [0.2, 0.25) is 0 Å². The van der Waals surface area contributed by atoms with E-state index in [0.29, 0.717) is 24.4 Å². The molecule has 0 bridgehead atoms. The van der Waals surface area contributed by atoms with Crippen molar-refractivity contribution in [1.82, 2.24) is 4.40 Å².